The van der Waals surface area contributed by atoms with Gasteiger partial charge in [-0.1, -0.05) is 12.1 Å². The maximum atomic E-state index is 12.7. The molecule has 0 bridgehead atoms. The Morgan fingerprint density at radius 3 is 2.71 bits per heavy atom. The highest BCUT2D eigenvalue weighted by atomic mass is 19.1. The number of anilines is 1. The number of nitrogens with zero attached hydrogens (tertiary/aromatic N) is 1. The fraction of sp³-hybridized carbons (Fsp3) is 0.0667. The van der Waals surface area contributed by atoms with E-state index in [1.54, 1.807) is 30.3 Å². The molecule has 6 heteroatoms. The lowest BCUT2D eigenvalue weighted by Crippen LogP contribution is -2.25. The van der Waals surface area contributed by atoms with E-state index in [4.69, 9.17) is 0 Å². The van der Waals surface area contributed by atoms with Crippen LogP contribution in [0.1, 0.15) is 5.56 Å². The summed E-state index contributed by atoms with van der Waals surface area (Å²) >= 11 is 0. The molecule has 0 aromatic heterocycles. The first-order valence-corrected chi connectivity index (χ1v) is 6.24. The van der Waals surface area contributed by atoms with Gasteiger partial charge in [0.15, 0.2) is 0 Å². The lowest BCUT2D eigenvalue weighted by molar-refractivity contribution is -0.119. The number of carbonyl (C=O) groups is 1. The van der Waals surface area contributed by atoms with E-state index in [9.17, 15) is 14.3 Å². The van der Waals surface area contributed by atoms with E-state index < -0.39 is 0 Å². The zero-order chi connectivity index (χ0) is 15.1. The van der Waals surface area contributed by atoms with Crippen LogP contribution in [0.4, 0.5) is 10.1 Å². The number of aromatic hydroxyl groups is 1. The average molecular weight is 287 g/mol. The van der Waals surface area contributed by atoms with Crippen LogP contribution in [0, 0.1) is 5.82 Å². The summed E-state index contributed by atoms with van der Waals surface area (Å²) in [6, 6.07) is 12.2. The molecule has 0 saturated carbocycles. The Morgan fingerprint density at radius 2 is 2.00 bits per heavy atom. The molecule has 108 valence electrons. The van der Waals surface area contributed by atoms with Crippen LogP contribution in [-0.4, -0.2) is 23.8 Å². The molecule has 0 unspecified atom stereocenters. The third kappa shape index (κ3) is 4.94. The van der Waals surface area contributed by atoms with Crippen molar-refractivity contribution in [2.24, 2.45) is 5.10 Å². The Morgan fingerprint density at radius 1 is 1.24 bits per heavy atom. The van der Waals surface area contributed by atoms with E-state index in [1.807, 2.05) is 0 Å². The Bertz CT molecular complexity index is 642. The van der Waals surface area contributed by atoms with Gasteiger partial charge >= 0.3 is 0 Å². The number of halogens is 1. The van der Waals surface area contributed by atoms with Crippen molar-refractivity contribution in [2.75, 3.05) is 11.9 Å². The first-order chi connectivity index (χ1) is 10.1. The highest BCUT2D eigenvalue weighted by molar-refractivity contribution is 5.84. The van der Waals surface area contributed by atoms with Crippen LogP contribution in [0.2, 0.25) is 0 Å². The molecule has 2 aromatic carbocycles. The predicted molar refractivity (Wildman–Crippen MR) is 78.7 cm³/mol. The van der Waals surface area contributed by atoms with Crippen LogP contribution in [-0.2, 0) is 4.79 Å². The summed E-state index contributed by atoms with van der Waals surface area (Å²) in [5, 5.41) is 15.9. The maximum absolute atomic E-state index is 12.7. The molecule has 0 saturated heterocycles. The number of carbonyl (C=O) groups excluding carboxylic acids is 1. The van der Waals surface area contributed by atoms with Gasteiger partial charge in [0.2, 0.25) is 0 Å². The molecule has 0 radical (unpaired) electrons. The summed E-state index contributed by atoms with van der Waals surface area (Å²) in [7, 11) is 0. The molecule has 2 rings (SSSR count). The summed E-state index contributed by atoms with van der Waals surface area (Å²) in [6.07, 6.45) is 1.43. The van der Waals surface area contributed by atoms with Crippen LogP contribution in [0.15, 0.2) is 53.6 Å². The van der Waals surface area contributed by atoms with E-state index in [1.165, 1.54) is 24.4 Å². The van der Waals surface area contributed by atoms with E-state index >= 15 is 0 Å². The van der Waals surface area contributed by atoms with Crippen molar-refractivity contribution >= 4 is 17.8 Å². The van der Waals surface area contributed by atoms with Crippen molar-refractivity contribution in [2.45, 2.75) is 0 Å². The number of phenols is 1. The van der Waals surface area contributed by atoms with Crippen molar-refractivity contribution < 1.29 is 14.3 Å². The van der Waals surface area contributed by atoms with Gasteiger partial charge in [-0.3, -0.25) is 4.79 Å². The van der Waals surface area contributed by atoms with Gasteiger partial charge in [-0.2, -0.15) is 5.10 Å². The van der Waals surface area contributed by atoms with Gasteiger partial charge in [-0.05, 0) is 42.0 Å². The van der Waals surface area contributed by atoms with Gasteiger partial charge in [0.1, 0.15) is 11.6 Å². The molecule has 0 heterocycles. The number of benzene rings is 2. The standard InChI is InChI=1S/C15H14FN3O2/c16-12-4-6-13(7-5-12)17-10-15(21)19-18-9-11-2-1-3-14(20)8-11/h1-9,17,20H,10H2,(H,19,21). The molecule has 21 heavy (non-hydrogen) atoms. The van der Waals surface area contributed by atoms with Crippen LogP contribution in [0.3, 0.4) is 0 Å². The van der Waals surface area contributed by atoms with E-state index in [0.717, 1.165) is 0 Å². The monoisotopic (exact) mass is 287 g/mol. The van der Waals surface area contributed by atoms with E-state index in [2.05, 4.69) is 15.8 Å². The Labute approximate surface area is 121 Å². The van der Waals surface area contributed by atoms with Gasteiger partial charge in [0.25, 0.3) is 5.91 Å². The minimum absolute atomic E-state index is 0.0169. The van der Waals surface area contributed by atoms with Crippen molar-refractivity contribution in [3.05, 3.63) is 59.9 Å². The number of hydrazone groups is 1. The van der Waals surface area contributed by atoms with Crippen molar-refractivity contribution in [3.8, 4) is 5.75 Å². The number of hydrogen-bond acceptors (Lipinski definition) is 4. The van der Waals surface area contributed by atoms with E-state index in [-0.39, 0.29) is 24.0 Å². The molecule has 2 aromatic rings. The lowest BCUT2D eigenvalue weighted by Gasteiger charge is -2.04. The van der Waals surface area contributed by atoms with Crippen LogP contribution >= 0.6 is 0 Å². The second-order valence-electron chi connectivity index (χ2n) is 4.25. The normalized spacial score (nSPS) is 10.5. The zero-order valence-electron chi connectivity index (χ0n) is 11.1. The summed E-state index contributed by atoms with van der Waals surface area (Å²) in [5.74, 6) is -0.542. The van der Waals surface area contributed by atoms with Gasteiger partial charge in [0.05, 0.1) is 12.8 Å². The molecule has 0 atom stereocenters. The second kappa shape index (κ2) is 7.04. The van der Waals surface area contributed by atoms with Crippen LogP contribution in [0.5, 0.6) is 5.75 Å². The molecule has 5 nitrogen and oxygen atoms in total. The summed E-state index contributed by atoms with van der Waals surface area (Å²) in [5.41, 5.74) is 3.66. The zero-order valence-corrected chi connectivity index (χ0v) is 11.1. The van der Waals surface area contributed by atoms with Gasteiger partial charge in [0, 0.05) is 5.69 Å². The van der Waals surface area contributed by atoms with Gasteiger partial charge < -0.3 is 10.4 Å². The molecule has 3 N–H and O–H groups in total. The Kier molecular flexibility index (Phi) is 4.87. The van der Waals surface area contributed by atoms with Crippen LogP contribution < -0.4 is 10.7 Å². The van der Waals surface area contributed by atoms with Crippen molar-refractivity contribution in [1.29, 1.82) is 0 Å². The Hall–Kier alpha value is -2.89. The van der Waals surface area contributed by atoms with Crippen molar-refractivity contribution in [3.63, 3.8) is 0 Å². The Balaban J connectivity index is 1.78. The molecular weight excluding hydrogens is 273 g/mol. The number of nitrogens with one attached hydrogen (secondary N) is 2. The molecule has 0 fully saturated rings. The number of phenolic OH excluding ortho intramolecular Hbond substituents is 1. The first-order valence-electron chi connectivity index (χ1n) is 6.24. The molecule has 1 amide bonds. The van der Waals surface area contributed by atoms with Crippen molar-refractivity contribution in [1.82, 2.24) is 5.43 Å². The fourth-order valence-corrected chi connectivity index (χ4v) is 1.57. The lowest BCUT2D eigenvalue weighted by atomic mass is 10.2. The van der Waals surface area contributed by atoms with Gasteiger partial charge in [-0.15, -0.1) is 0 Å². The number of amides is 1. The highest BCUT2D eigenvalue weighted by Crippen LogP contribution is 2.09. The minimum atomic E-state index is -0.337. The molecule has 0 aliphatic heterocycles. The maximum Gasteiger partial charge on any atom is 0.259 e. The molecule has 0 spiro atoms. The SMILES string of the molecule is O=C(CNc1ccc(F)cc1)NN=Cc1cccc(O)c1. The summed E-state index contributed by atoms with van der Waals surface area (Å²) in [6.45, 7) is 0.0169. The average Bonchev–Trinajstić information content (AvgIpc) is 2.47. The van der Waals surface area contributed by atoms with Gasteiger partial charge in [-0.25, -0.2) is 9.82 Å². The minimum Gasteiger partial charge on any atom is -0.508 e. The summed E-state index contributed by atoms with van der Waals surface area (Å²) < 4.78 is 12.7. The summed E-state index contributed by atoms with van der Waals surface area (Å²) in [4.78, 5) is 11.5. The highest BCUT2D eigenvalue weighted by Gasteiger charge is 1.99. The largest absolute Gasteiger partial charge is 0.508 e. The third-order valence-corrected chi connectivity index (χ3v) is 2.57. The third-order valence-electron chi connectivity index (χ3n) is 2.57. The fourth-order valence-electron chi connectivity index (χ4n) is 1.57. The smallest absolute Gasteiger partial charge is 0.259 e. The number of rotatable bonds is 5. The topological polar surface area (TPSA) is 73.7 Å². The quantitative estimate of drug-likeness (QED) is 0.582. The second-order valence-corrected chi connectivity index (χ2v) is 4.25. The van der Waals surface area contributed by atoms with Crippen LogP contribution in [0.25, 0.3) is 0 Å². The number of hydrogen-bond donors (Lipinski definition) is 3. The molecule has 0 aliphatic carbocycles. The molecular formula is C15H14FN3O2. The molecule has 0 aliphatic rings. The first kappa shape index (κ1) is 14.5. The predicted octanol–water partition coefficient (Wildman–Crippen LogP) is 2.09. The van der Waals surface area contributed by atoms with E-state index in [0.29, 0.717) is 11.3 Å².